The van der Waals surface area contributed by atoms with E-state index >= 15 is 0 Å². The van der Waals surface area contributed by atoms with Crippen LogP contribution in [0.4, 0.5) is 10.1 Å². The lowest BCUT2D eigenvalue weighted by atomic mass is 10.1. The van der Waals surface area contributed by atoms with Crippen molar-refractivity contribution in [2.24, 2.45) is 0 Å². The van der Waals surface area contributed by atoms with E-state index in [1.165, 1.54) is 6.07 Å². The van der Waals surface area contributed by atoms with Crippen LogP contribution in [0, 0.1) is 5.82 Å². The number of pyridine rings is 1. The number of rotatable bonds is 4. The molecule has 2 aromatic heterocycles. The Morgan fingerprint density at radius 3 is 2.84 bits per heavy atom. The maximum atomic E-state index is 14.2. The summed E-state index contributed by atoms with van der Waals surface area (Å²) in [5.41, 5.74) is 1.96. The van der Waals surface area contributed by atoms with Crippen molar-refractivity contribution in [1.29, 1.82) is 0 Å². The highest BCUT2D eigenvalue weighted by molar-refractivity contribution is 5.76. The lowest BCUT2D eigenvalue weighted by Gasteiger charge is -2.28. The molecule has 2 N–H and O–H groups in total. The summed E-state index contributed by atoms with van der Waals surface area (Å²) in [4.78, 5) is 8.56. The molecular weight excluding hydrogens is 321 g/mol. The number of benzene rings is 1. The summed E-state index contributed by atoms with van der Waals surface area (Å²) in [6.45, 7) is 0. The Morgan fingerprint density at radius 1 is 1.20 bits per heavy atom. The third-order valence-electron chi connectivity index (χ3n) is 3.95. The zero-order chi connectivity index (χ0) is 17.2. The molecule has 0 bridgehead atoms. The van der Waals surface area contributed by atoms with Gasteiger partial charge in [-0.2, -0.15) is 0 Å². The van der Waals surface area contributed by atoms with Gasteiger partial charge in [0.15, 0.2) is 12.0 Å². The number of imidazole rings is 1. The number of nitrogens with one attached hydrogen (secondary N) is 2. The first-order valence-electron chi connectivity index (χ1n) is 7.77. The van der Waals surface area contributed by atoms with Gasteiger partial charge in [-0.05, 0) is 18.2 Å². The van der Waals surface area contributed by atoms with Crippen LogP contribution in [-0.4, -0.2) is 21.6 Å². The average molecular weight is 337 g/mol. The van der Waals surface area contributed by atoms with Gasteiger partial charge in [0.1, 0.15) is 5.82 Å². The van der Waals surface area contributed by atoms with E-state index in [2.05, 4.69) is 20.6 Å². The van der Waals surface area contributed by atoms with Crippen LogP contribution in [0.15, 0.2) is 55.0 Å². The summed E-state index contributed by atoms with van der Waals surface area (Å²) in [6.07, 6.45) is 6.71. The van der Waals surface area contributed by atoms with Crippen molar-refractivity contribution in [2.45, 2.75) is 6.17 Å². The molecule has 25 heavy (non-hydrogen) atoms. The topological polar surface area (TPSA) is 64.0 Å². The molecule has 0 saturated carbocycles. The van der Waals surface area contributed by atoms with Crippen molar-refractivity contribution in [3.8, 4) is 5.88 Å². The fraction of sp³-hybridized carbons (Fsp3) is 0.111. The fourth-order valence-electron chi connectivity index (χ4n) is 2.73. The lowest BCUT2D eigenvalue weighted by Crippen LogP contribution is -2.32. The summed E-state index contributed by atoms with van der Waals surface area (Å²) in [5, 5.41) is 6.62. The van der Waals surface area contributed by atoms with Crippen molar-refractivity contribution in [3.05, 3.63) is 72.2 Å². The standard InChI is InChI=1S/C18H16FN5O/c1-25-16-7-6-12(10-21-16)22-17-18-20-8-9-24(18)11-15(23-17)13-4-2-3-5-14(13)19/h2-11,17,22-23H,1H3. The van der Waals surface area contributed by atoms with Gasteiger partial charge in [0.05, 0.1) is 24.7 Å². The molecule has 1 atom stereocenters. The number of aromatic nitrogens is 3. The fourth-order valence-corrected chi connectivity index (χ4v) is 2.73. The number of ether oxygens (including phenoxy) is 1. The van der Waals surface area contributed by atoms with E-state index in [1.54, 1.807) is 43.8 Å². The zero-order valence-electron chi connectivity index (χ0n) is 13.5. The van der Waals surface area contributed by atoms with Gasteiger partial charge in [-0.15, -0.1) is 0 Å². The molecule has 0 aliphatic carbocycles. The largest absolute Gasteiger partial charge is 0.481 e. The summed E-state index contributed by atoms with van der Waals surface area (Å²) in [6, 6.07) is 10.3. The molecule has 1 aromatic carbocycles. The molecule has 1 unspecified atom stereocenters. The van der Waals surface area contributed by atoms with E-state index in [0.717, 1.165) is 11.5 Å². The third-order valence-corrected chi connectivity index (χ3v) is 3.95. The summed E-state index contributed by atoms with van der Waals surface area (Å²) in [7, 11) is 1.57. The maximum Gasteiger partial charge on any atom is 0.213 e. The van der Waals surface area contributed by atoms with Crippen LogP contribution in [-0.2, 0) is 0 Å². The minimum atomic E-state index is -0.329. The molecule has 0 fully saturated rings. The Bertz CT molecular complexity index is 919. The summed E-state index contributed by atoms with van der Waals surface area (Å²) < 4.78 is 21.1. The number of methoxy groups -OCH3 is 1. The molecule has 7 heteroatoms. The Kier molecular flexibility index (Phi) is 3.81. The smallest absolute Gasteiger partial charge is 0.213 e. The second-order valence-electron chi connectivity index (χ2n) is 5.53. The minimum Gasteiger partial charge on any atom is -0.481 e. The first-order valence-corrected chi connectivity index (χ1v) is 7.77. The van der Waals surface area contributed by atoms with Crippen LogP contribution in [0.25, 0.3) is 11.9 Å². The maximum absolute atomic E-state index is 14.2. The number of anilines is 1. The molecule has 3 aromatic rings. The molecule has 126 valence electrons. The Balaban J connectivity index is 1.65. The Hall–Kier alpha value is -3.35. The average Bonchev–Trinajstić information content (AvgIpc) is 3.11. The van der Waals surface area contributed by atoms with Gasteiger partial charge in [0.25, 0.3) is 0 Å². The molecule has 3 heterocycles. The second kappa shape index (κ2) is 6.27. The van der Waals surface area contributed by atoms with Crippen molar-refractivity contribution < 1.29 is 9.13 Å². The summed E-state index contributed by atoms with van der Waals surface area (Å²) >= 11 is 0. The normalized spacial score (nSPS) is 15.8. The molecule has 4 rings (SSSR count). The number of fused-ring (bicyclic) bond motifs is 1. The van der Waals surface area contributed by atoms with E-state index in [4.69, 9.17) is 4.74 Å². The monoisotopic (exact) mass is 337 g/mol. The van der Waals surface area contributed by atoms with Gasteiger partial charge in [-0.3, -0.25) is 0 Å². The first-order chi connectivity index (χ1) is 12.2. The van der Waals surface area contributed by atoms with Crippen LogP contribution in [0.3, 0.4) is 0 Å². The van der Waals surface area contributed by atoms with E-state index in [9.17, 15) is 4.39 Å². The quantitative estimate of drug-likeness (QED) is 0.766. The minimum absolute atomic E-state index is 0.283. The number of hydrogen-bond donors (Lipinski definition) is 2. The predicted molar refractivity (Wildman–Crippen MR) is 93.1 cm³/mol. The SMILES string of the molecule is COc1ccc(NC2NC(c3ccccc3F)=Cn3ccnc32)cn1. The van der Waals surface area contributed by atoms with Crippen molar-refractivity contribution in [1.82, 2.24) is 19.9 Å². The second-order valence-corrected chi connectivity index (χ2v) is 5.53. The highest BCUT2D eigenvalue weighted by atomic mass is 19.1. The third kappa shape index (κ3) is 2.91. The summed E-state index contributed by atoms with van der Waals surface area (Å²) in [5.74, 6) is 1.03. The first kappa shape index (κ1) is 15.2. The molecular formula is C18H16FN5O. The van der Waals surface area contributed by atoms with Gasteiger partial charge in [-0.1, -0.05) is 12.1 Å². The van der Waals surface area contributed by atoms with Crippen LogP contribution in [0.2, 0.25) is 0 Å². The number of nitrogens with zero attached hydrogens (tertiary/aromatic N) is 3. The molecule has 0 amide bonds. The van der Waals surface area contributed by atoms with Crippen LogP contribution < -0.4 is 15.4 Å². The van der Waals surface area contributed by atoms with Crippen LogP contribution in [0.1, 0.15) is 17.6 Å². The number of halogens is 1. The molecule has 0 radical (unpaired) electrons. The van der Waals surface area contributed by atoms with E-state index in [-0.39, 0.29) is 12.0 Å². The van der Waals surface area contributed by atoms with Crippen LogP contribution in [0.5, 0.6) is 5.88 Å². The molecule has 6 nitrogen and oxygen atoms in total. The van der Waals surface area contributed by atoms with Crippen molar-refractivity contribution in [2.75, 3.05) is 12.4 Å². The molecule has 0 spiro atoms. The van der Waals surface area contributed by atoms with Crippen LogP contribution >= 0.6 is 0 Å². The highest BCUT2D eigenvalue weighted by Crippen LogP contribution is 2.27. The molecule has 1 aliphatic heterocycles. The highest BCUT2D eigenvalue weighted by Gasteiger charge is 2.23. The van der Waals surface area contributed by atoms with E-state index < -0.39 is 0 Å². The lowest BCUT2D eigenvalue weighted by molar-refractivity contribution is 0.398. The zero-order valence-corrected chi connectivity index (χ0v) is 13.5. The predicted octanol–water partition coefficient (Wildman–Crippen LogP) is 3.10. The van der Waals surface area contributed by atoms with Gasteiger partial charge in [0, 0.05) is 30.2 Å². The van der Waals surface area contributed by atoms with Crippen molar-refractivity contribution >= 4 is 17.6 Å². The van der Waals surface area contributed by atoms with Gasteiger partial charge in [0.2, 0.25) is 5.88 Å². The number of hydrogen-bond acceptors (Lipinski definition) is 5. The van der Waals surface area contributed by atoms with Gasteiger partial charge < -0.3 is 19.9 Å². The molecule has 1 aliphatic rings. The Labute approximate surface area is 144 Å². The van der Waals surface area contributed by atoms with E-state index in [0.29, 0.717) is 17.1 Å². The van der Waals surface area contributed by atoms with Gasteiger partial charge >= 0.3 is 0 Å². The van der Waals surface area contributed by atoms with Gasteiger partial charge in [-0.25, -0.2) is 14.4 Å². The van der Waals surface area contributed by atoms with E-state index in [1.807, 2.05) is 23.0 Å². The Morgan fingerprint density at radius 2 is 2.08 bits per heavy atom. The van der Waals surface area contributed by atoms with Crippen molar-refractivity contribution in [3.63, 3.8) is 0 Å². The molecule has 0 saturated heterocycles.